The highest BCUT2D eigenvalue weighted by Gasteiger charge is 2.34. The lowest BCUT2D eigenvalue weighted by atomic mass is 9.88. The lowest BCUT2D eigenvalue weighted by molar-refractivity contribution is -0.124. The second-order valence-corrected chi connectivity index (χ2v) is 8.70. The summed E-state index contributed by atoms with van der Waals surface area (Å²) in [6, 6.07) is 8.26. The molecule has 148 valence electrons. The molecule has 0 aliphatic carbocycles. The Bertz CT molecular complexity index is 888. The van der Waals surface area contributed by atoms with Gasteiger partial charge in [-0.1, -0.05) is 24.3 Å². The Kier molecular flexibility index (Phi) is 4.73. The lowest BCUT2D eigenvalue weighted by Crippen LogP contribution is -2.43. The number of likely N-dealkylation sites (tertiary alicyclic amines) is 1. The van der Waals surface area contributed by atoms with Crippen LogP contribution in [0.5, 0.6) is 0 Å². The third-order valence-electron chi connectivity index (χ3n) is 5.59. The highest BCUT2D eigenvalue weighted by Crippen LogP contribution is 2.41. The fraction of sp³-hybridized carbons (Fsp3) is 0.500. The largest absolute Gasteiger partial charge is 0.444 e. The van der Waals surface area contributed by atoms with Gasteiger partial charge in [0.1, 0.15) is 11.4 Å². The van der Waals surface area contributed by atoms with Crippen LogP contribution in [0, 0.1) is 5.92 Å². The van der Waals surface area contributed by atoms with Gasteiger partial charge in [0.25, 0.3) is 0 Å². The van der Waals surface area contributed by atoms with E-state index >= 15 is 0 Å². The van der Waals surface area contributed by atoms with Crippen LogP contribution < -0.4 is 0 Å². The zero-order chi connectivity index (χ0) is 19.9. The summed E-state index contributed by atoms with van der Waals surface area (Å²) in [6.45, 7) is 6.74. The Morgan fingerprint density at radius 3 is 2.61 bits per heavy atom. The Morgan fingerprint density at radius 2 is 1.89 bits per heavy atom. The van der Waals surface area contributed by atoms with Gasteiger partial charge in [0.05, 0.1) is 24.3 Å². The van der Waals surface area contributed by atoms with E-state index in [-0.39, 0.29) is 23.8 Å². The molecule has 1 amide bonds. The first-order chi connectivity index (χ1) is 13.3. The number of amides is 1. The zero-order valence-electron chi connectivity index (χ0n) is 16.7. The summed E-state index contributed by atoms with van der Waals surface area (Å²) in [5.41, 5.74) is 2.94. The van der Waals surface area contributed by atoms with Gasteiger partial charge in [-0.05, 0) is 39.2 Å². The van der Waals surface area contributed by atoms with E-state index in [0.29, 0.717) is 32.4 Å². The summed E-state index contributed by atoms with van der Waals surface area (Å²) in [6.07, 6.45) is 5.26. The molecule has 2 aliphatic rings. The van der Waals surface area contributed by atoms with Gasteiger partial charge in [0.15, 0.2) is 0 Å². The maximum absolute atomic E-state index is 13.0. The molecule has 0 radical (unpaired) electrons. The lowest BCUT2D eigenvalue weighted by Gasteiger charge is -2.33. The highest BCUT2D eigenvalue weighted by atomic mass is 16.6. The van der Waals surface area contributed by atoms with Crippen LogP contribution in [0.15, 0.2) is 36.8 Å². The fourth-order valence-corrected chi connectivity index (χ4v) is 4.21. The summed E-state index contributed by atoms with van der Waals surface area (Å²) in [7, 11) is 0. The number of piperidine rings is 1. The Morgan fingerprint density at radius 1 is 1.18 bits per heavy atom. The van der Waals surface area contributed by atoms with E-state index in [2.05, 4.69) is 21.7 Å². The van der Waals surface area contributed by atoms with Crippen molar-refractivity contribution in [3.05, 3.63) is 42.4 Å². The summed E-state index contributed by atoms with van der Waals surface area (Å²) in [5.74, 6) is 0.267. The fourth-order valence-electron chi connectivity index (χ4n) is 4.21. The van der Waals surface area contributed by atoms with Crippen molar-refractivity contribution in [3.8, 4) is 11.3 Å². The number of benzene rings is 1. The second-order valence-electron chi connectivity index (χ2n) is 8.70. The number of carbonyl (C=O) groups excluding carboxylic acids is 2. The van der Waals surface area contributed by atoms with Crippen LogP contribution in [0.25, 0.3) is 11.3 Å². The highest BCUT2D eigenvalue weighted by molar-refractivity contribution is 5.83. The van der Waals surface area contributed by atoms with Gasteiger partial charge in [0, 0.05) is 31.0 Å². The molecule has 1 atom stereocenters. The number of hydrogen-bond acceptors (Lipinski definition) is 4. The van der Waals surface area contributed by atoms with E-state index in [4.69, 9.17) is 4.74 Å². The van der Waals surface area contributed by atoms with Crippen LogP contribution in [-0.2, 0) is 9.53 Å². The first-order valence-corrected chi connectivity index (χ1v) is 9.95. The average Bonchev–Trinajstić information content (AvgIpc) is 3.23. The molecule has 0 spiro atoms. The van der Waals surface area contributed by atoms with E-state index in [0.717, 1.165) is 11.3 Å². The number of aromatic nitrogens is 2. The number of Topliss-reactive ketones (excluding diaryl/α,β-unsaturated/α-hetero) is 1. The van der Waals surface area contributed by atoms with Crippen molar-refractivity contribution < 1.29 is 14.3 Å². The summed E-state index contributed by atoms with van der Waals surface area (Å²) in [4.78, 5) is 31.2. The van der Waals surface area contributed by atoms with E-state index < -0.39 is 5.60 Å². The summed E-state index contributed by atoms with van der Waals surface area (Å²) >= 11 is 0. The molecule has 0 bridgehead atoms. The van der Waals surface area contributed by atoms with Crippen molar-refractivity contribution in [1.29, 1.82) is 0 Å². The topological polar surface area (TPSA) is 64.4 Å². The monoisotopic (exact) mass is 381 g/mol. The molecule has 4 rings (SSSR count). The number of imidazole rings is 1. The van der Waals surface area contributed by atoms with Crippen molar-refractivity contribution in [3.63, 3.8) is 0 Å². The van der Waals surface area contributed by atoms with Crippen molar-refractivity contribution >= 4 is 11.9 Å². The maximum atomic E-state index is 13.0. The molecule has 3 heterocycles. The van der Waals surface area contributed by atoms with Crippen LogP contribution in [0.3, 0.4) is 0 Å². The molecule has 1 fully saturated rings. The van der Waals surface area contributed by atoms with Gasteiger partial charge >= 0.3 is 6.09 Å². The normalized spacial score (nSPS) is 19.2. The molecule has 1 aromatic carbocycles. The quantitative estimate of drug-likeness (QED) is 0.804. The smallest absolute Gasteiger partial charge is 0.410 e. The minimum atomic E-state index is -0.498. The summed E-state index contributed by atoms with van der Waals surface area (Å²) < 4.78 is 7.55. The molecule has 6 heteroatoms. The second kappa shape index (κ2) is 7.08. The Balaban J connectivity index is 1.39. The minimum absolute atomic E-state index is 0.00146. The molecule has 2 aromatic rings. The van der Waals surface area contributed by atoms with Crippen LogP contribution in [0.1, 0.15) is 51.6 Å². The molecule has 6 nitrogen and oxygen atoms in total. The van der Waals surface area contributed by atoms with E-state index in [1.807, 2.05) is 45.4 Å². The zero-order valence-corrected chi connectivity index (χ0v) is 16.7. The van der Waals surface area contributed by atoms with Crippen molar-refractivity contribution in [1.82, 2.24) is 14.5 Å². The van der Waals surface area contributed by atoms with Crippen LogP contribution >= 0.6 is 0 Å². The molecule has 1 saturated heterocycles. The molecule has 0 saturated carbocycles. The predicted octanol–water partition coefficient (Wildman–Crippen LogP) is 4.06. The molecular formula is C22H27N3O3. The van der Waals surface area contributed by atoms with Crippen LogP contribution in [-0.4, -0.2) is 45.0 Å². The molecule has 28 heavy (non-hydrogen) atoms. The van der Waals surface area contributed by atoms with Gasteiger partial charge < -0.3 is 14.2 Å². The Labute approximate surface area is 165 Å². The van der Waals surface area contributed by atoms with Gasteiger partial charge in [-0.15, -0.1) is 0 Å². The summed E-state index contributed by atoms with van der Waals surface area (Å²) in [5, 5.41) is 0. The van der Waals surface area contributed by atoms with Crippen molar-refractivity contribution in [2.75, 3.05) is 13.1 Å². The van der Waals surface area contributed by atoms with Crippen LogP contribution in [0.2, 0.25) is 0 Å². The standard InChI is InChI=1S/C22H27N3O3/c1-22(2,3)28-21(27)24-10-8-15(9-11-24)20(26)12-18-16-6-4-5-7-17(16)19-13-23-14-25(18)19/h4-7,13-15,18H,8-12H2,1-3H3. The number of ether oxygens (including phenoxy) is 1. The molecule has 1 unspecified atom stereocenters. The van der Waals surface area contributed by atoms with Gasteiger partial charge in [0.2, 0.25) is 0 Å². The molecule has 2 aliphatic heterocycles. The number of nitrogens with zero attached hydrogens (tertiary/aromatic N) is 3. The van der Waals surface area contributed by atoms with Crippen molar-refractivity contribution in [2.24, 2.45) is 5.92 Å². The first-order valence-electron chi connectivity index (χ1n) is 9.95. The number of rotatable bonds is 3. The predicted molar refractivity (Wildman–Crippen MR) is 106 cm³/mol. The number of fused-ring (bicyclic) bond motifs is 3. The van der Waals surface area contributed by atoms with Crippen LogP contribution in [0.4, 0.5) is 4.79 Å². The molecular weight excluding hydrogens is 354 g/mol. The number of hydrogen-bond donors (Lipinski definition) is 0. The average molecular weight is 381 g/mol. The molecule has 0 N–H and O–H groups in total. The van der Waals surface area contributed by atoms with Gasteiger partial charge in [-0.2, -0.15) is 0 Å². The van der Waals surface area contributed by atoms with Gasteiger partial charge in [-0.25, -0.2) is 9.78 Å². The number of ketones is 1. The van der Waals surface area contributed by atoms with E-state index in [9.17, 15) is 9.59 Å². The molecule has 1 aromatic heterocycles. The van der Waals surface area contributed by atoms with E-state index in [1.165, 1.54) is 5.56 Å². The number of carbonyl (C=O) groups is 2. The van der Waals surface area contributed by atoms with Gasteiger partial charge in [-0.3, -0.25) is 4.79 Å². The first kappa shape index (κ1) is 18.7. The minimum Gasteiger partial charge on any atom is -0.444 e. The Hall–Kier alpha value is -2.63. The van der Waals surface area contributed by atoms with E-state index in [1.54, 1.807) is 4.90 Å². The SMILES string of the molecule is CC(C)(C)OC(=O)N1CCC(C(=O)CC2c3ccccc3-c3cncn32)CC1. The maximum Gasteiger partial charge on any atom is 0.410 e. The third-order valence-corrected chi connectivity index (χ3v) is 5.59. The van der Waals surface area contributed by atoms with Crippen molar-refractivity contribution in [2.45, 2.75) is 51.7 Å². The third kappa shape index (κ3) is 3.55.